The second-order valence-corrected chi connectivity index (χ2v) is 8.90. The van der Waals surface area contributed by atoms with E-state index in [4.69, 9.17) is 0 Å². The highest BCUT2D eigenvalue weighted by Gasteiger charge is 2.08. The maximum Gasteiger partial charge on any atom is 0.191 e. The van der Waals surface area contributed by atoms with E-state index in [0.717, 1.165) is 24.6 Å². The van der Waals surface area contributed by atoms with Gasteiger partial charge in [-0.15, -0.1) is 35.3 Å². The van der Waals surface area contributed by atoms with Gasteiger partial charge in [-0.1, -0.05) is 25.1 Å². The van der Waals surface area contributed by atoms with Crippen LogP contribution in [0.2, 0.25) is 0 Å². The summed E-state index contributed by atoms with van der Waals surface area (Å²) in [6.45, 7) is 6.30. The highest BCUT2D eigenvalue weighted by molar-refractivity contribution is 14.0. The van der Waals surface area contributed by atoms with E-state index >= 15 is 0 Å². The number of halogens is 1. The number of nitrogens with zero attached hydrogens (tertiary/aromatic N) is 1. The molecule has 1 unspecified atom stereocenters. The molecule has 2 rings (SSSR count). The van der Waals surface area contributed by atoms with Gasteiger partial charge in [-0.05, 0) is 36.1 Å². The van der Waals surface area contributed by atoms with Crippen molar-refractivity contribution in [2.45, 2.75) is 31.2 Å². The number of guanidine groups is 1. The molecule has 1 aromatic carbocycles. The third-order valence-corrected chi connectivity index (χ3v) is 5.95. The number of hydrogen-bond donors (Lipinski definition) is 2. The largest absolute Gasteiger partial charge is 0.357 e. The zero-order valence-corrected chi connectivity index (χ0v) is 19.2. The minimum atomic E-state index is -3.16. The summed E-state index contributed by atoms with van der Waals surface area (Å²) in [7, 11) is -3.16. The van der Waals surface area contributed by atoms with Crippen LogP contribution >= 0.6 is 35.3 Å². The van der Waals surface area contributed by atoms with Crippen LogP contribution in [0.25, 0.3) is 0 Å². The zero-order valence-electron chi connectivity index (χ0n) is 15.2. The van der Waals surface area contributed by atoms with E-state index in [-0.39, 0.29) is 24.0 Å². The second kappa shape index (κ2) is 10.9. The average Bonchev–Trinajstić information content (AvgIpc) is 3.11. The Morgan fingerprint density at radius 1 is 1.19 bits per heavy atom. The van der Waals surface area contributed by atoms with Crippen molar-refractivity contribution in [3.8, 4) is 0 Å². The highest BCUT2D eigenvalue weighted by atomic mass is 127. The van der Waals surface area contributed by atoms with Crippen LogP contribution in [-0.2, 0) is 16.4 Å². The van der Waals surface area contributed by atoms with Crippen LogP contribution < -0.4 is 10.6 Å². The first-order chi connectivity index (χ1) is 11.9. The molecule has 0 amide bonds. The van der Waals surface area contributed by atoms with Gasteiger partial charge in [-0.25, -0.2) is 13.4 Å². The molecule has 0 radical (unpaired) electrons. The normalized spacial score (nSPS) is 13.0. The molecule has 0 spiro atoms. The lowest BCUT2D eigenvalue weighted by atomic mass is 10.1. The van der Waals surface area contributed by atoms with Crippen LogP contribution in [0, 0.1) is 0 Å². The Hall–Kier alpha value is -1.13. The van der Waals surface area contributed by atoms with Crippen LogP contribution in [0.1, 0.15) is 30.2 Å². The van der Waals surface area contributed by atoms with Gasteiger partial charge in [0.1, 0.15) is 0 Å². The quantitative estimate of drug-likeness (QED) is 0.341. The molecule has 1 heterocycles. The van der Waals surface area contributed by atoms with Crippen molar-refractivity contribution in [3.63, 3.8) is 0 Å². The van der Waals surface area contributed by atoms with Gasteiger partial charge in [0.05, 0.1) is 11.4 Å². The summed E-state index contributed by atoms with van der Waals surface area (Å²) in [5.74, 6) is 1.18. The number of sulfone groups is 1. The van der Waals surface area contributed by atoms with Crippen molar-refractivity contribution in [2.75, 3.05) is 19.3 Å². The monoisotopic (exact) mass is 507 g/mol. The van der Waals surface area contributed by atoms with Gasteiger partial charge in [-0.2, -0.15) is 0 Å². The van der Waals surface area contributed by atoms with Gasteiger partial charge in [0.15, 0.2) is 15.8 Å². The Balaban J connectivity index is 0.00000338. The van der Waals surface area contributed by atoms with E-state index in [0.29, 0.717) is 17.4 Å². The Kier molecular flexibility index (Phi) is 9.59. The Bertz CT molecular complexity index is 788. The molecule has 0 aliphatic heterocycles. The minimum absolute atomic E-state index is 0. The lowest BCUT2D eigenvalue weighted by molar-refractivity contribution is 0.602. The molecule has 0 bridgehead atoms. The van der Waals surface area contributed by atoms with E-state index in [2.05, 4.69) is 40.1 Å². The molecular weight excluding hydrogens is 481 g/mol. The molecule has 0 aliphatic rings. The fourth-order valence-corrected chi connectivity index (χ4v) is 3.69. The summed E-state index contributed by atoms with van der Waals surface area (Å²) in [6.07, 6.45) is 1.21. The van der Waals surface area contributed by atoms with Crippen LogP contribution in [0.5, 0.6) is 0 Å². The molecule has 26 heavy (non-hydrogen) atoms. The summed E-state index contributed by atoms with van der Waals surface area (Å²) in [4.78, 5) is 6.25. The molecule has 0 fully saturated rings. The Morgan fingerprint density at radius 2 is 1.88 bits per heavy atom. The molecule has 144 valence electrons. The summed E-state index contributed by atoms with van der Waals surface area (Å²) in [5, 5.41) is 8.69. The lowest BCUT2D eigenvalue weighted by Gasteiger charge is -2.15. The van der Waals surface area contributed by atoms with E-state index in [1.165, 1.54) is 11.1 Å². The maximum atomic E-state index is 11.5. The maximum absolute atomic E-state index is 11.5. The fraction of sp³-hybridized carbons (Fsp3) is 0.389. The van der Waals surface area contributed by atoms with Crippen molar-refractivity contribution in [1.29, 1.82) is 0 Å². The number of nitrogens with one attached hydrogen (secondary N) is 2. The summed E-state index contributed by atoms with van der Waals surface area (Å²) in [5.41, 5.74) is 0.968. The molecular formula is C18H26IN3O2S2. The molecule has 0 aliphatic carbocycles. The Labute approximate surface area is 177 Å². The van der Waals surface area contributed by atoms with Gasteiger partial charge in [0.2, 0.25) is 0 Å². The number of hydrogen-bond acceptors (Lipinski definition) is 4. The standard InChI is InChI=1S/C18H25N3O2S2.HI/c1-4-19-18(20-12-14(2)17-6-5-11-24-17)21-13-15-7-9-16(10-8-15)25(3,22)23;/h5-11,14H,4,12-13H2,1-3H3,(H2,19,20,21);1H. The van der Waals surface area contributed by atoms with E-state index in [9.17, 15) is 8.42 Å². The minimum Gasteiger partial charge on any atom is -0.357 e. The summed E-state index contributed by atoms with van der Waals surface area (Å²) in [6, 6.07) is 11.1. The third-order valence-electron chi connectivity index (χ3n) is 3.72. The van der Waals surface area contributed by atoms with E-state index in [1.807, 2.05) is 6.92 Å². The molecule has 0 saturated heterocycles. The molecule has 8 heteroatoms. The van der Waals surface area contributed by atoms with Crippen LogP contribution in [0.4, 0.5) is 0 Å². The smallest absolute Gasteiger partial charge is 0.191 e. The molecule has 2 aromatic rings. The predicted molar refractivity (Wildman–Crippen MR) is 121 cm³/mol. The fourth-order valence-electron chi connectivity index (χ4n) is 2.28. The van der Waals surface area contributed by atoms with Gasteiger partial charge < -0.3 is 10.6 Å². The summed E-state index contributed by atoms with van der Waals surface area (Å²) >= 11 is 1.76. The highest BCUT2D eigenvalue weighted by Crippen LogP contribution is 2.19. The molecule has 1 aromatic heterocycles. The van der Waals surface area contributed by atoms with Crippen molar-refractivity contribution in [3.05, 3.63) is 52.2 Å². The predicted octanol–water partition coefficient (Wildman–Crippen LogP) is 3.63. The molecule has 0 saturated carbocycles. The van der Waals surface area contributed by atoms with Gasteiger partial charge in [0, 0.05) is 30.1 Å². The number of benzene rings is 1. The van der Waals surface area contributed by atoms with Gasteiger partial charge >= 0.3 is 0 Å². The van der Waals surface area contributed by atoms with E-state index < -0.39 is 9.84 Å². The molecule has 2 N–H and O–H groups in total. The van der Waals surface area contributed by atoms with E-state index in [1.54, 1.807) is 35.6 Å². The number of rotatable bonds is 7. The number of thiophene rings is 1. The first-order valence-corrected chi connectivity index (χ1v) is 11.0. The van der Waals surface area contributed by atoms with Crippen LogP contribution in [0.15, 0.2) is 51.7 Å². The Morgan fingerprint density at radius 3 is 2.42 bits per heavy atom. The first kappa shape index (κ1) is 22.9. The van der Waals surface area contributed by atoms with Crippen molar-refractivity contribution >= 4 is 51.1 Å². The number of aliphatic imine (C=N–C) groups is 1. The first-order valence-electron chi connectivity index (χ1n) is 8.24. The van der Waals surface area contributed by atoms with Crippen molar-refractivity contribution < 1.29 is 8.42 Å². The third kappa shape index (κ3) is 7.24. The van der Waals surface area contributed by atoms with Crippen molar-refractivity contribution in [2.24, 2.45) is 4.99 Å². The molecule has 5 nitrogen and oxygen atoms in total. The molecule has 1 atom stereocenters. The van der Waals surface area contributed by atoms with Crippen LogP contribution in [0.3, 0.4) is 0 Å². The van der Waals surface area contributed by atoms with Gasteiger partial charge in [0.25, 0.3) is 0 Å². The van der Waals surface area contributed by atoms with Crippen molar-refractivity contribution in [1.82, 2.24) is 10.6 Å². The van der Waals surface area contributed by atoms with Gasteiger partial charge in [-0.3, -0.25) is 0 Å². The SMILES string of the molecule is CCNC(=NCc1ccc(S(C)(=O)=O)cc1)NCC(C)c1cccs1.I. The summed E-state index contributed by atoms with van der Waals surface area (Å²) < 4.78 is 23.0. The average molecular weight is 507 g/mol. The second-order valence-electron chi connectivity index (χ2n) is 5.91. The topological polar surface area (TPSA) is 70.6 Å². The lowest BCUT2D eigenvalue weighted by Crippen LogP contribution is -2.39. The zero-order chi connectivity index (χ0) is 18.3. The van der Waals surface area contributed by atoms with Crippen LogP contribution in [-0.4, -0.2) is 33.7 Å².